The van der Waals surface area contributed by atoms with Crippen LogP contribution < -0.4 is 4.74 Å². The lowest BCUT2D eigenvalue weighted by Crippen LogP contribution is -2.50. The Labute approximate surface area is 131 Å². The highest BCUT2D eigenvalue weighted by atomic mass is 32.2. The van der Waals surface area contributed by atoms with Crippen LogP contribution in [0.1, 0.15) is 0 Å². The van der Waals surface area contributed by atoms with E-state index in [4.69, 9.17) is 4.74 Å². The van der Waals surface area contributed by atoms with Gasteiger partial charge in [0, 0.05) is 29.9 Å². The van der Waals surface area contributed by atoms with Crippen LogP contribution in [0.3, 0.4) is 0 Å². The van der Waals surface area contributed by atoms with Crippen molar-refractivity contribution in [2.24, 2.45) is 0 Å². The van der Waals surface area contributed by atoms with E-state index >= 15 is 0 Å². The summed E-state index contributed by atoms with van der Waals surface area (Å²) in [5.74, 6) is 0.808. The molecule has 0 unspecified atom stereocenters. The van der Waals surface area contributed by atoms with Crippen molar-refractivity contribution in [3.8, 4) is 16.9 Å². The number of aliphatic hydroxyl groups is 3. The maximum absolute atomic E-state index is 10.0. The summed E-state index contributed by atoms with van der Waals surface area (Å²) in [6, 6.07) is 5.52. The summed E-state index contributed by atoms with van der Waals surface area (Å²) in [7, 11) is 0. The van der Waals surface area contributed by atoms with Crippen molar-refractivity contribution in [3.05, 3.63) is 43.0 Å². The average Bonchev–Trinajstić information content (AvgIpc) is 2.57. The molecule has 0 radical (unpaired) electrons. The summed E-state index contributed by atoms with van der Waals surface area (Å²) in [4.78, 5) is 8.04. The van der Waals surface area contributed by atoms with Gasteiger partial charge in [0.2, 0.25) is 0 Å². The molecule has 1 saturated heterocycles. The Morgan fingerprint density at radius 3 is 2.50 bits per heavy atom. The quantitative estimate of drug-likeness (QED) is 0.765. The van der Waals surface area contributed by atoms with Crippen LogP contribution in [0, 0.1) is 0 Å². The highest BCUT2D eigenvalue weighted by Gasteiger charge is 2.38. The molecule has 3 heterocycles. The van der Waals surface area contributed by atoms with E-state index in [0.29, 0.717) is 11.5 Å². The van der Waals surface area contributed by atoms with E-state index in [1.54, 1.807) is 24.8 Å². The fourth-order valence-electron chi connectivity index (χ4n) is 2.25. The van der Waals surface area contributed by atoms with Crippen LogP contribution in [0.4, 0.5) is 0 Å². The van der Waals surface area contributed by atoms with Gasteiger partial charge in [-0.05, 0) is 23.8 Å². The van der Waals surface area contributed by atoms with Crippen molar-refractivity contribution in [1.29, 1.82) is 0 Å². The van der Waals surface area contributed by atoms with Crippen LogP contribution in [0.25, 0.3) is 11.1 Å². The van der Waals surface area contributed by atoms with E-state index in [0.717, 1.165) is 11.1 Å². The Bertz CT molecular complexity index is 628. The molecule has 0 aliphatic carbocycles. The predicted molar refractivity (Wildman–Crippen MR) is 82.4 cm³/mol. The monoisotopic (exact) mass is 320 g/mol. The molecule has 0 amide bonds. The molecule has 0 aromatic carbocycles. The van der Waals surface area contributed by atoms with Gasteiger partial charge in [-0.25, -0.2) is 0 Å². The molecule has 2 aromatic heterocycles. The normalized spacial score (nSPS) is 28.3. The van der Waals surface area contributed by atoms with Crippen LogP contribution >= 0.6 is 11.8 Å². The van der Waals surface area contributed by atoms with Crippen molar-refractivity contribution in [2.45, 2.75) is 23.7 Å². The summed E-state index contributed by atoms with van der Waals surface area (Å²) < 4.78 is 5.83. The number of aliphatic hydroxyl groups excluding tert-OH is 3. The zero-order valence-corrected chi connectivity index (χ0v) is 12.4. The highest BCUT2D eigenvalue weighted by Crippen LogP contribution is 2.34. The number of ether oxygens (including phenoxy) is 1. The molecule has 1 fully saturated rings. The lowest BCUT2D eigenvalue weighted by atomic mass is 10.1. The number of aromatic nitrogens is 2. The number of hydrogen-bond acceptors (Lipinski definition) is 7. The van der Waals surface area contributed by atoms with Gasteiger partial charge in [-0.2, -0.15) is 0 Å². The van der Waals surface area contributed by atoms with E-state index in [9.17, 15) is 15.3 Å². The van der Waals surface area contributed by atoms with Crippen molar-refractivity contribution in [2.75, 3.05) is 5.75 Å². The zero-order chi connectivity index (χ0) is 15.5. The molecule has 6 nitrogen and oxygen atoms in total. The Balaban J connectivity index is 1.84. The van der Waals surface area contributed by atoms with Crippen LogP contribution in [0.5, 0.6) is 5.75 Å². The molecule has 116 valence electrons. The number of rotatable bonds is 3. The second-order valence-electron chi connectivity index (χ2n) is 4.98. The lowest BCUT2D eigenvalue weighted by molar-refractivity contribution is -0.0785. The summed E-state index contributed by atoms with van der Waals surface area (Å²) in [6.45, 7) is 0. The van der Waals surface area contributed by atoms with E-state index < -0.39 is 23.7 Å². The first kappa shape index (κ1) is 15.2. The Hall–Kier alpha value is -1.67. The molecular formula is C15H16N2O4S. The molecule has 1 aliphatic heterocycles. The van der Waals surface area contributed by atoms with Crippen molar-refractivity contribution in [3.63, 3.8) is 0 Å². The van der Waals surface area contributed by atoms with Gasteiger partial charge >= 0.3 is 0 Å². The number of thioether (sulfide) groups is 1. The SMILES string of the molecule is O[C@@H]1[C@@H](O)[C@H](Oc2cnccc2-c2ccncc2)SC[C@H]1O. The third-order valence-electron chi connectivity index (χ3n) is 3.47. The van der Waals surface area contributed by atoms with Crippen LogP contribution in [0.15, 0.2) is 43.0 Å². The summed E-state index contributed by atoms with van der Waals surface area (Å²) in [6.07, 6.45) is 3.26. The molecule has 1 aliphatic rings. The van der Waals surface area contributed by atoms with Crippen molar-refractivity contribution >= 4 is 11.8 Å². The third-order valence-corrected chi connectivity index (χ3v) is 4.71. The lowest BCUT2D eigenvalue weighted by Gasteiger charge is -2.34. The Kier molecular flexibility index (Phi) is 4.58. The minimum Gasteiger partial charge on any atom is -0.475 e. The second kappa shape index (κ2) is 6.62. The van der Waals surface area contributed by atoms with E-state index in [1.165, 1.54) is 11.8 Å². The van der Waals surface area contributed by atoms with Gasteiger partial charge in [-0.3, -0.25) is 9.97 Å². The van der Waals surface area contributed by atoms with Gasteiger partial charge in [0.15, 0.2) is 5.44 Å². The fourth-order valence-corrected chi connectivity index (χ4v) is 3.37. The Morgan fingerprint density at radius 2 is 1.73 bits per heavy atom. The van der Waals surface area contributed by atoms with Gasteiger partial charge in [0.05, 0.1) is 12.3 Å². The minimum absolute atomic E-state index is 0.299. The predicted octanol–water partition coefficient (Wildman–Crippen LogP) is 0.678. The largest absolute Gasteiger partial charge is 0.475 e. The molecule has 7 heteroatoms. The highest BCUT2D eigenvalue weighted by molar-refractivity contribution is 7.99. The molecule has 3 rings (SSSR count). The van der Waals surface area contributed by atoms with Crippen molar-refractivity contribution in [1.82, 2.24) is 9.97 Å². The standard InChI is InChI=1S/C15H16N2O4S/c18-11-8-22-15(14(20)13(11)19)21-12-7-17-6-3-10(12)9-1-4-16-5-2-9/h1-7,11,13-15,18-20H,8H2/t11-,13+,14-,15-/m1/s1. The Morgan fingerprint density at radius 1 is 1.00 bits per heavy atom. The topological polar surface area (TPSA) is 95.7 Å². The van der Waals surface area contributed by atoms with Crippen LogP contribution in [0.2, 0.25) is 0 Å². The van der Waals surface area contributed by atoms with Gasteiger partial charge in [0.25, 0.3) is 0 Å². The van der Waals surface area contributed by atoms with Gasteiger partial charge < -0.3 is 20.1 Å². The van der Waals surface area contributed by atoms with E-state index in [2.05, 4.69) is 9.97 Å². The van der Waals surface area contributed by atoms with Gasteiger partial charge in [0.1, 0.15) is 18.0 Å². The van der Waals surface area contributed by atoms with Gasteiger partial charge in [-0.1, -0.05) is 0 Å². The first-order chi connectivity index (χ1) is 10.7. The first-order valence-corrected chi connectivity index (χ1v) is 7.88. The summed E-state index contributed by atoms with van der Waals surface area (Å²) in [5.41, 5.74) is 1.08. The first-order valence-electron chi connectivity index (χ1n) is 6.83. The smallest absolute Gasteiger partial charge is 0.173 e. The van der Waals surface area contributed by atoms with E-state index in [-0.39, 0.29) is 0 Å². The van der Waals surface area contributed by atoms with E-state index in [1.807, 2.05) is 18.2 Å². The second-order valence-corrected chi connectivity index (χ2v) is 6.11. The molecule has 4 atom stereocenters. The average molecular weight is 320 g/mol. The molecular weight excluding hydrogens is 304 g/mol. The van der Waals surface area contributed by atoms with Crippen molar-refractivity contribution < 1.29 is 20.1 Å². The molecule has 0 spiro atoms. The molecule has 3 N–H and O–H groups in total. The summed E-state index contributed by atoms with van der Waals surface area (Å²) >= 11 is 1.26. The molecule has 0 bridgehead atoms. The minimum atomic E-state index is -1.22. The fraction of sp³-hybridized carbons (Fsp3) is 0.333. The van der Waals surface area contributed by atoms with Crippen LogP contribution in [-0.2, 0) is 0 Å². The van der Waals surface area contributed by atoms with Crippen LogP contribution in [-0.4, -0.2) is 54.8 Å². The number of pyridine rings is 2. The molecule has 2 aromatic rings. The van der Waals surface area contributed by atoms with Gasteiger partial charge in [-0.15, -0.1) is 11.8 Å². The number of nitrogens with zero attached hydrogens (tertiary/aromatic N) is 2. The number of hydrogen-bond donors (Lipinski definition) is 3. The zero-order valence-electron chi connectivity index (χ0n) is 11.6. The summed E-state index contributed by atoms with van der Waals surface area (Å²) in [5, 5.41) is 29.4. The molecule has 22 heavy (non-hydrogen) atoms. The maximum atomic E-state index is 10.0. The third kappa shape index (κ3) is 3.07. The molecule has 0 saturated carbocycles. The maximum Gasteiger partial charge on any atom is 0.173 e.